The molecule has 0 amide bonds. The molecule has 0 fully saturated rings. The van der Waals surface area contributed by atoms with Gasteiger partial charge in [-0.3, -0.25) is 24.9 Å². The molecule has 5 aromatic heterocycles. The Morgan fingerprint density at radius 3 is 1.22 bits per heavy atom. The Balaban J connectivity index is 0.000000112. The van der Waals surface area contributed by atoms with Crippen molar-refractivity contribution < 1.29 is 0 Å². The Morgan fingerprint density at radius 1 is 0.233 bits per heavy atom. The molecule has 436 valence electrons. The minimum absolute atomic E-state index is 0.993. The zero-order chi connectivity index (χ0) is 61.6. The van der Waals surface area contributed by atoms with Crippen LogP contribution in [0.4, 0.5) is 0 Å². The fourth-order valence-electron chi connectivity index (χ4n) is 13.9. The SMILES string of the molecule is Cc1cc(C)c2c(n1)Cc1cc(C)c(C)cc1-2.Cc1cc2c(cc1C)-c1c(nc(C)c(C)c1C)C2.Cc1cc2c(cc1C)-c1c(ncc(C)c1C)C2.Cc1cc2c(cc1C)-c1cc(C)c(C)nc1C2.Cc1ccc2c(n1)Cc1cc(C)c(C)c(C)c1-2. The van der Waals surface area contributed by atoms with Crippen molar-refractivity contribution in [2.24, 2.45) is 0 Å². The first-order valence-electron chi connectivity index (χ1n) is 31.1. The van der Waals surface area contributed by atoms with Crippen molar-refractivity contribution in [3.63, 3.8) is 0 Å². The highest BCUT2D eigenvalue weighted by Crippen LogP contribution is 2.44. The highest BCUT2D eigenvalue weighted by molar-refractivity contribution is 5.83. The summed E-state index contributed by atoms with van der Waals surface area (Å²) in [7, 11) is 0. The maximum atomic E-state index is 4.79. The van der Waals surface area contributed by atoms with Gasteiger partial charge in [-0.15, -0.1) is 0 Å². The number of nitrogens with zero attached hydrogens (tertiary/aromatic N) is 5. The Bertz CT molecular complexity index is 4430. The number of aromatic nitrogens is 5. The van der Waals surface area contributed by atoms with Crippen LogP contribution in [0.1, 0.15) is 174 Å². The summed E-state index contributed by atoms with van der Waals surface area (Å²) in [6, 6.07) is 29.7. The molecule has 0 unspecified atom stereocenters. The monoisotopic (exact) mass is 1130 g/mol. The molecule has 5 aromatic carbocycles. The average molecular weight is 1130 g/mol. The summed E-state index contributed by atoms with van der Waals surface area (Å²) in [5.41, 5.74) is 55.1. The van der Waals surface area contributed by atoms with Gasteiger partial charge in [0, 0.05) is 88.9 Å². The van der Waals surface area contributed by atoms with Crippen molar-refractivity contribution in [3.8, 4) is 55.6 Å². The van der Waals surface area contributed by atoms with E-state index in [0.717, 1.165) is 49.2 Å². The first kappa shape index (κ1) is 59.6. The van der Waals surface area contributed by atoms with Gasteiger partial charge in [-0.2, -0.15) is 0 Å². The number of pyridine rings is 5. The summed E-state index contributed by atoms with van der Waals surface area (Å²) in [5, 5.41) is 0. The van der Waals surface area contributed by atoms with Crippen LogP contribution in [-0.2, 0) is 32.1 Å². The van der Waals surface area contributed by atoms with Gasteiger partial charge in [0.1, 0.15) is 0 Å². The van der Waals surface area contributed by atoms with E-state index >= 15 is 0 Å². The van der Waals surface area contributed by atoms with E-state index in [1.807, 2.05) is 6.20 Å². The van der Waals surface area contributed by atoms with Crippen LogP contribution in [0, 0.1) is 145 Å². The molecule has 0 saturated carbocycles. The third-order valence-corrected chi connectivity index (χ3v) is 20.1. The van der Waals surface area contributed by atoms with Crippen molar-refractivity contribution in [1.82, 2.24) is 24.9 Å². The van der Waals surface area contributed by atoms with Crippen LogP contribution in [0.2, 0.25) is 0 Å². The number of rotatable bonds is 0. The van der Waals surface area contributed by atoms with E-state index in [4.69, 9.17) is 9.97 Å². The molecule has 5 heteroatoms. The fraction of sp³-hybridized carbons (Fsp3) is 0.321. The fourth-order valence-corrected chi connectivity index (χ4v) is 13.9. The zero-order valence-corrected chi connectivity index (χ0v) is 55.4. The van der Waals surface area contributed by atoms with E-state index in [2.05, 4.69) is 239 Å². The van der Waals surface area contributed by atoms with Crippen LogP contribution in [0.3, 0.4) is 0 Å². The summed E-state index contributed by atoms with van der Waals surface area (Å²) in [5.74, 6) is 0. The third kappa shape index (κ3) is 10.9. The van der Waals surface area contributed by atoms with Gasteiger partial charge in [-0.05, 0) is 314 Å². The van der Waals surface area contributed by atoms with Crippen LogP contribution in [-0.4, -0.2) is 24.9 Å². The molecular formula is C81H87N5. The normalized spacial score (nSPS) is 12.5. The van der Waals surface area contributed by atoms with E-state index in [1.54, 1.807) is 0 Å². The highest BCUT2D eigenvalue weighted by Gasteiger charge is 2.28. The van der Waals surface area contributed by atoms with Crippen molar-refractivity contribution in [1.29, 1.82) is 0 Å². The quantitative estimate of drug-likeness (QED) is 0.151. The van der Waals surface area contributed by atoms with E-state index in [9.17, 15) is 0 Å². The summed E-state index contributed by atoms with van der Waals surface area (Å²) in [4.78, 5) is 23.5. The van der Waals surface area contributed by atoms with E-state index in [-0.39, 0.29) is 0 Å². The molecule has 5 nitrogen and oxygen atoms in total. The number of benzene rings is 5. The van der Waals surface area contributed by atoms with Gasteiger partial charge in [-0.1, -0.05) is 60.7 Å². The zero-order valence-electron chi connectivity index (χ0n) is 55.4. The molecule has 0 saturated heterocycles. The molecule has 0 bridgehead atoms. The summed E-state index contributed by atoms with van der Waals surface area (Å²) >= 11 is 0. The number of aryl methyl sites for hydroxylation is 16. The van der Waals surface area contributed by atoms with Gasteiger partial charge >= 0.3 is 0 Å². The average Bonchev–Trinajstić information content (AvgIpc) is 2.09. The summed E-state index contributed by atoms with van der Waals surface area (Å²) < 4.78 is 0. The number of hydrogen-bond acceptors (Lipinski definition) is 5. The van der Waals surface area contributed by atoms with Crippen molar-refractivity contribution in [3.05, 3.63) is 259 Å². The largest absolute Gasteiger partial charge is 0.260 e. The van der Waals surface area contributed by atoms with Gasteiger partial charge in [-0.25, -0.2) is 0 Å². The molecule has 0 atom stereocenters. The predicted octanol–water partition coefficient (Wildman–Crippen LogP) is 19.7. The maximum Gasteiger partial charge on any atom is 0.0532 e. The molecule has 5 heterocycles. The molecule has 0 aliphatic heterocycles. The van der Waals surface area contributed by atoms with Crippen LogP contribution in [0.5, 0.6) is 0 Å². The van der Waals surface area contributed by atoms with Gasteiger partial charge in [0.05, 0.1) is 28.5 Å². The van der Waals surface area contributed by atoms with Gasteiger partial charge in [0.15, 0.2) is 0 Å². The minimum atomic E-state index is 0.993. The lowest BCUT2D eigenvalue weighted by Gasteiger charge is -2.11. The second kappa shape index (κ2) is 22.9. The molecule has 5 aliphatic carbocycles. The lowest BCUT2D eigenvalue weighted by molar-refractivity contribution is 1.04. The first-order valence-corrected chi connectivity index (χ1v) is 31.1. The van der Waals surface area contributed by atoms with Crippen LogP contribution in [0.15, 0.2) is 85.1 Å². The topological polar surface area (TPSA) is 64.5 Å². The van der Waals surface area contributed by atoms with Crippen molar-refractivity contribution >= 4 is 0 Å². The standard InChI is InChI=1S/C17H19N.4C16H17N/c1-9-6-14-8-16-17(15(14)7-10(9)2)12(4)11(3)13(5)18-16;1-9-6-13-8-15-16(14(13)7-10(9)2)11(3)5-12(4)17-15;1-9-5-13-7-15-16(14(13)6-10(9)2)12(4)11(3)8-17-15;1-9-5-13-8-16-15(14(13)6-10(9)2)7-11(3)12(4)17-16;1-9-7-13-8-15-14(6-5-10(2)17-15)16(13)12(4)11(9)3/h6-7H,8H2,1-5H3;5-7H,8H2,1-4H3;5-6,8H,7H2,1-4H3;2*5-7H,8H2,1-4H3. The maximum absolute atomic E-state index is 4.79. The summed E-state index contributed by atoms with van der Waals surface area (Å²) in [6.07, 6.45) is 6.97. The molecule has 5 aliphatic rings. The van der Waals surface area contributed by atoms with Gasteiger partial charge in [0.2, 0.25) is 0 Å². The molecule has 15 rings (SSSR count). The number of fused-ring (bicyclic) bond motifs is 15. The minimum Gasteiger partial charge on any atom is -0.260 e. The first-order chi connectivity index (χ1) is 40.8. The third-order valence-electron chi connectivity index (χ3n) is 20.1. The Kier molecular flexibility index (Phi) is 15.9. The molecule has 0 spiro atoms. The Morgan fingerprint density at radius 2 is 0.640 bits per heavy atom. The summed E-state index contributed by atoms with van der Waals surface area (Å²) in [6.45, 7) is 45.6. The van der Waals surface area contributed by atoms with Crippen LogP contribution < -0.4 is 0 Å². The molecule has 0 N–H and O–H groups in total. The van der Waals surface area contributed by atoms with Crippen molar-refractivity contribution in [2.75, 3.05) is 0 Å². The second-order valence-corrected chi connectivity index (χ2v) is 26.1. The lowest BCUT2D eigenvalue weighted by Crippen LogP contribution is -1.97. The lowest BCUT2D eigenvalue weighted by atomic mass is 9.93. The van der Waals surface area contributed by atoms with Gasteiger partial charge < -0.3 is 0 Å². The van der Waals surface area contributed by atoms with E-state index < -0.39 is 0 Å². The van der Waals surface area contributed by atoms with E-state index in [1.165, 1.54) is 212 Å². The highest BCUT2D eigenvalue weighted by atomic mass is 14.7. The van der Waals surface area contributed by atoms with Gasteiger partial charge in [0.25, 0.3) is 0 Å². The molecule has 86 heavy (non-hydrogen) atoms. The Labute approximate surface area is 514 Å². The number of hydrogen-bond donors (Lipinski definition) is 0. The molecule has 0 radical (unpaired) electrons. The van der Waals surface area contributed by atoms with Crippen LogP contribution >= 0.6 is 0 Å². The van der Waals surface area contributed by atoms with Crippen LogP contribution in [0.25, 0.3) is 55.6 Å². The smallest absolute Gasteiger partial charge is 0.0532 e. The molecular weight excluding hydrogens is 1040 g/mol. The predicted molar refractivity (Wildman–Crippen MR) is 362 cm³/mol. The second-order valence-electron chi connectivity index (χ2n) is 26.1. The Hall–Kier alpha value is -8.15. The van der Waals surface area contributed by atoms with E-state index in [0.29, 0.717) is 0 Å². The molecule has 10 aromatic rings. The van der Waals surface area contributed by atoms with Crippen molar-refractivity contribution in [2.45, 2.75) is 178 Å².